The summed E-state index contributed by atoms with van der Waals surface area (Å²) in [6.45, 7) is 2.23. The van der Waals surface area contributed by atoms with Crippen molar-refractivity contribution in [2.75, 3.05) is 13.7 Å². The van der Waals surface area contributed by atoms with Gasteiger partial charge in [-0.1, -0.05) is 18.6 Å². The van der Waals surface area contributed by atoms with Crippen LogP contribution in [0, 0.1) is 5.92 Å². The quantitative estimate of drug-likeness (QED) is 0.619. The Labute approximate surface area is 123 Å². The SMILES string of the molecule is CCN1C(=O)c2ccccc2C1=O.COC(=O)C1CCC1. The van der Waals surface area contributed by atoms with Crippen LogP contribution < -0.4 is 0 Å². The average molecular weight is 289 g/mol. The summed E-state index contributed by atoms with van der Waals surface area (Å²) >= 11 is 0. The highest BCUT2D eigenvalue weighted by Gasteiger charge is 2.33. The second kappa shape index (κ2) is 6.52. The van der Waals surface area contributed by atoms with Crippen LogP contribution in [0.5, 0.6) is 0 Å². The Morgan fingerprint density at radius 3 is 2.00 bits per heavy atom. The minimum Gasteiger partial charge on any atom is -0.469 e. The van der Waals surface area contributed by atoms with Gasteiger partial charge in [0.1, 0.15) is 0 Å². The summed E-state index contributed by atoms with van der Waals surface area (Å²) in [5, 5.41) is 0. The van der Waals surface area contributed by atoms with E-state index in [2.05, 4.69) is 4.74 Å². The molecule has 0 aromatic heterocycles. The van der Waals surface area contributed by atoms with Gasteiger partial charge in [0.2, 0.25) is 0 Å². The molecule has 1 aromatic carbocycles. The third kappa shape index (κ3) is 2.96. The van der Waals surface area contributed by atoms with Crippen LogP contribution in [0.4, 0.5) is 0 Å². The summed E-state index contributed by atoms with van der Waals surface area (Å²) < 4.78 is 4.52. The van der Waals surface area contributed by atoms with Gasteiger partial charge in [0.25, 0.3) is 11.8 Å². The van der Waals surface area contributed by atoms with E-state index >= 15 is 0 Å². The summed E-state index contributed by atoms with van der Waals surface area (Å²) in [6, 6.07) is 6.91. The molecule has 1 aliphatic carbocycles. The van der Waals surface area contributed by atoms with Gasteiger partial charge in [0.05, 0.1) is 24.2 Å². The third-order valence-electron chi connectivity index (χ3n) is 3.83. The van der Waals surface area contributed by atoms with Gasteiger partial charge in [-0.3, -0.25) is 19.3 Å². The predicted octanol–water partition coefficient (Wildman–Crippen LogP) is 2.26. The first-order valence-electron chi connectivity index (χ1n) is 7.13. The molecule has 0 bridgehead atoms. The lowest BCUT2D eigenvalue weighted by Crippen LogP contribution is -2.29. The standard InChI is InChI=1S/C10H9NO2.C6H10O2/c1-2-11-9(12)7-5-3-4-6-8(7)10(11)13;1-8-6(7)5-3-2-4-5/h3-6H,2H2,1H3;5H,2-4H2,1H3. The molecule has 1 heterocycles. The molecule has 0 atom stereocenters. The molecule has 3 rings (SSSR count). The molecule has 0 spiro atoms. The maximum atomic E-state index is 11.5. The van der Waals surface area contributed by atoms with Gasteiger partial charge in [-0.25, -0.2) is 0 Å². The fraction of sp³-hybridized carbons (Fsp3) is 0.438. The Morgan fingerprint density at radius 2 is 1.71 bits per heavy atom. The Morgan fingerprint density at radius 1 is 1.19 bits per heavy atom. The molecule has 5 heteroatoms. The molecule has 112 valence electrons. The molecule has 0 saturated heterocycles. The predicted molar refractivity (Wildman–Crippen MR) is 76.8 cm³/mol. The number of hydrogen-bond acceptors (Lipinski definition) is 4. The van der Waals surface area contributed by atoms with Crippen molar-refractivity contribution in [2.45, 2.75) is 26.2 Å². The Balaban J connectivity index is 0.000000173. The number of ether oxygens (including phenoxy) is 1. The maximum absolute atomic E-state index is 11.5. The second-order valence-corrected chi connectivity index (χ2v) is 5.05. The lowest BCUT2D eigenvalue weighted by atomic mass is 9.86. The largest absolute Gasteiger partial charge is 0.469 e. The van der Waals surface area contributed by atoms with Crippen LogP contribution in [-0.4, -0.2) is 36.3 Å². The number of carbonyl (C=O) groups excluding carboxylic acids is 3. The molecule has 5 nitrogen and oxygen atoms in total. The van der Waals surface area contributed by atoms with Crippen LogP contribution in [0.25, 0.3) is 0 Å². The van der Waals surface area contributed by atoms with E-state index < -0.39 is 0 Å². The van der Waals surface area contributed by atoms with Crippen molar-refractivity contribution in [2.24, 2.45) is 5.92 Å². The zero-order valence-electron chi connectivity index (χ0n) is 12.3. The number of fused-ring (bicyclic) bond motifs is 1. The summed E-state index contributed by atoms with van der Waals surface area (Å²) in [7, 11) is 1.45. The number of hydrogen-bond donors (Lipinski definition) is 0. The van der Waals surface area contributed by atoms with Crippen molar-refractivity contribution in [1.29, 1.82) is 0 Å². The van der Waals surface area contributed by atoms with Crippen LogP contribution in [-0.2, 0) is 9.53 Å². The monoisotopic (exact) mass is 289 g/mol. The molecular formula is C16H19NO4. The highest BCUT2D eigenvalue weighted by atomic mass is 16.5. The van der Waals surface area contributed by atoms with Crippen molar-refractivity contribution in [1.82, 2.24) is 4.90 Å². The number of carbonyl (C=O) groups is 3. The molecule has 1 aromatic rings. The summed E-state index contributed by atoms with van der Waals surface area (Å²) in [4.78, 5) is 34.9. The minimum atomic E-state index is -0.178. The van der Waals surface area contributed by atoms with Gasteiger partial charge >= 0.3 is 5.97 Å². The van der Waals surface area contributed by atoms with Crippen molar-refractivity contribution in [3.05, 3.63) is 35.4 Å². The van der Waals surface area contributed by atoms with Gasteiger partial charge in [-0.15, -0.1) is 0 Å². The normalized spacial score (nSPS) is 16.8. The molecule has 0 N–H and O–H groups in total. The van der Waals surface area contributed by atoms with Crippen LogP contribution in [0.1, 0.15) is 46.9 Å². The summed E-state index contributed by atoms with van der Waals surface area (Å²) in [5.74, 6) is -0.151. The Bertz CT molecular complexity index is 528. The number of benzene rings is 1. The Hall–Kier alpha value is -2.17. The zero-order chi connectivity index (χ0) is 15.4. The van der Waals surface area contributed by atoms with Crippen molar-refractivity contribution in [3.63, 3.8) is 0 Å². The fourth-order valence-electron chi connectivity index (χ4n) is 2.34. The zero-order valence-corrected chi connectivity index (χ0v) is 12.3. The van der Waals surface area contributed by atoms with E-state index in [1.165, 1.54) is 18.4 Å². The van der Waals surface area contributed by atoms with E-state index in [-0.39, 0.29) is 23.7 Å². The Kier molecular flexibility index (Phi) is 4.73. The van der Waals surface area contributed by atoms with Crippen LogP contribution >= 0.6 is 0 Å². The summed E-state index contributed by atoms with van der Waals surface area (Å²) in [5.41, 5.74) is 1.05. The molecule has 21 heavy (non-hydrogen) atoms. The average Bonchev–Trinajstić information content (AvgIpc) is 2.70. The lowest BCUT2D eigenvalue weighted by molar-refractivity contribution is -0.148. The molecule has 0 unspecified atom stereocenters. The van der Waals surface area contributed by atoms with Gasteiger partial charge < -0.3 is 4.74 Å². The number of amides is 2. The molecular weight excluding hydrogens is 270 g/mol. The molecule has 1 fully saturated rings. The number of imide groups is 1. The first-order chi connectivity index (χ1) is 10.1. The van der Waals surface area contributed by atoms with E-state index in [1.807, 2.05) is 0 Å². The highest BCUT2D eigenvalue weighted by molar-refractivity contribution is 6.21. The topological polar surface area (TPSA) is 63.7 Å². The van der Waals surface area contributed by atoms with E-state index in [0.29, 0.717) is 17.7 Å². The van der Waals surface area contributed by atoms with Crippen molar-refractivity contribution >= 4 is 17.8 Å². The molecule has 2 amide bonds. The summed E-state index contributed by atoms with van der Waals surface area (Å²) in [6.07, 6.45) is 3.26. The van der Waals surface area contributed by atoms with E-state index in [9.17, 15) is 14.4 Å². The van der Waals surface area contributed by atoms with Gasteiger partial charge in [-0.05, 0) is 31.9 Å². The first-order valence-corrected chi connectivity index (χ1v) is 7.13. The van der Waals surface area contributed by atoms with Gasteiger partial charge in [-0.2, -0.15) is 0 Å². The smallest absolute Gasteiger partial charge is 0.308 e. The van der Waals surface area contributed by atoms with Crippen LogP contribution in [0.15, 0.2) is 24.3 Å². The van der Waals surface area contributed by atoms with Crippen LogP contribution in [0.3, 0.4) is 0 Å². The third-order valence-corrected chi connectivity index (χ3v) is 3.83. The van der Waals surface area contributed by atoms with E-state index in [1.54, 1.807) is 31.2 Å². The minimum absolute atomic E-state index is 0.0312. The fourth-order valence-corrected chi connectivity index (χ4v) is 2.34. The lowest BCUT2D eigenvalue weighted by Gasteiger charge is -2.21. The number of nitrogens with zero attached hydrogens (tertiary/aromatic N) is 1. The second-order valence-electron chi connectivity index (χ2n) is 5.05. The number of methoxy groups -OCH3 is 1. The van der Waals surface area contributed by atoms with Gasteiger partial charge in [0.15, 0.2) is 0 Å². The first kappa shape index (κ1) is 15.2. The molecule has 1 saturated carbocycles. The number of esters is 1. The van der Waals surface area contributed by atoms with Crippen LogP contribution in [0.2, 0.25) is 0 Å². The van der Waals surface area contributed by atoms with E-state index in [0.717, 1.165) is 12.8 Å². The molecule has 2 aliphatic rings. The highest BCUT2D eigenvalue weighted by Crippen LogP contribution is 2.26. The number of rotatable bonds is 2. The van der Waals surface area contributed by atoms with Crippen molar-refractivity contribution < 1.29 is 19.1 Å². The van der Waals surface area contributed by atoms with Gasteiger partial charge in [0, 0.05) is 6.54 Å². The molecule has 1 aliphatic heterocycles. The molecule has 0 radical (unpaired) electrons. The van der Waals surface area contributed by atoms with E-state index in [4.69, 9.17) is 0 Å². The van der Waals surface area contributed by atoms with Crippen molar-refractivity contribution in [3.8, 4) is 0 Å². The maximum Gasteiger partial charge on any atom is 0.308 e.